The van der Waals surface area contributed by atoms with E-state index >= 15 is 0 Å². The lowest BCUT2D eigenvalue weighted by atomic mass is 10.1. The summed E-state index contributed by atoms with van der Waals surface area (Å²) in [4.78, 5) is 4.81. The van der Waals surface area contributed by atoms with Crippen molar-refractivity contribution in [3.8, 4) is 0 Å². The van der Waals surface area contributed by atoms with Crippen LogP contribution in [0.5, 0.6) is 0 Å². The Morgan fingerprint density at radius 2 is 1.94 bits per heavy atom. The van der Waals surface area contributed by atoms with Gasteiger partial charge in [0.1, 0.15) is 5.84 Å². The Labute approximate surface area is 109 Å². The zero-order chi connectivity index (χ0) is 12.8. The lowest BCUT2D eigenvalue weighted by Gasteiger charge is -2.13. The number of hydrogen-bond donors (Lipinski definition) is 2. The van der Waals surface area contributed by atoms with Crippen LogP contribution < -0.4 is 11.3 Å². The largest absolute Gasteiger partial charge is 0.308 e. The summed E-state index contributed by atoms with van der Waals surface area (Å²) in [5.74, 6) is 6.45. The van der Waals surface area contributed by atoms with E-state index in [2.05, 4.69) is 30.5 Å². The molecule has 18 heavy (non-hydrogen) atoms. The summed E-state index contributed by atoms with van der Waals surface area (Å²) >= 11 is 0. The first-order valence-corrected chi connectivity index (χ1v) is 6.91. The fourth-order valence-electron chi connectivity index (χ4n) is 2.56. The molecule has 2 rings (SSSR count). The molecule has 0 amide bonds. The molecule has 98 valence electrons. The molecule has 0 unspecified atom stereocenters. The van der Waals surface area contributed by atoms with E-state index < -0.39 is 0 Å². The smallest absolute Gasteiger partial charge is 0.142 e. The van der Waals surface area contributed by atoms with Gasteiger partial charge in [0.05, 0.1) is 6.04 Å². The summed E-state index contributed by atoms with van der Waals surface area (Å²) < 4.78 is 0. The van der Waals surface area contributed by atoms with Crippen LogP contribution in [-0.4, -0.2) is 11.9 Å². The van der Waals surface area contributed by atoms with Gasteiger partial charge >= 0.3 is 0 Å². The second kappa shape index (κ2) is 6.55. The Hall–Kier alpha value is -1.35. The van der Waals surface area contributed by atoms with Crippen molar-refractivity contribution in [1.82, 2.24) is 5.43 Å². The van der Waals surface area contributed by atoms with Crippen LogP contribution in [-0.2, 0) is 0 Å². The van der Waals surface area contributed by atoms with Crippen molar-refractivity contribution >= 4 is 5.84 Å². The number of benzene rings is 1. The Morgan fingerprint density at radius 1 is 1.22 bits per heavy atom. The fourth-order valence-corrected chi connectivity index (χ4v) is 2.56. The Bertz CT molecular complexity index is 404. The van der Waals surface area contributed by atoms with Crippen molar-refractivity contribution in [2.24, 2.45) is 10.8 Å². The molecule has 1 fully saturated rings. The molecule has 1 saturated carbocycles. The Morgan fingerprint density at radius 3 is 2.56 bits per heavy atom. The van der Waals surface area contributed by atoms with E-state index in [1.807, 2.05) is 6.07 Å². The summed E-state index contributed by atoms with van der Waals surface area (Å²) in [5.41, 5.74) is 5.08. The molecule has 0 aliphatic heterocycles. The van der Waals surface area contributed by atoms with E-state index in [-0.39, 0.29) is 0 Å². The molecule has 0 atom stereocenters. The third kappa shape index (κ3) is 3.57. The first kappa shape index (κ1) is 13.1. The molecule has 0 heterocycles. The molecule has 3 heteroatoms. The highest BCUT2D eigenvalue weighted by atomic mass is 15.3. The summed E-state index contributed by atoms with van der Waals surface area (Å²) in [5, 5.41) is 0. The number of aryl methyl sites for hydroxylation is 1. The molecule has 0 saturated heterocycles. The Balaban J connectivity index is 2.16. The monoisotopic (exact) mass is 245 g/mol. The number of rotatable bonds is 2. The summed E-state index contributed by atoms with van der Waals surface area (Å²) in [7, 11) is 0. The zero-order valence-electron chi connectivity index (χ0n) is 11.2. The second-order valence-electron chi connectivity index (χ2n) is 5.14. The summed E-state index contributed by atoms with van der Waals surface area (Å²) in [6, 6.07) is 8.74. The molecule has 3 N–H and O–H groups in total. The van der Waals surface area contributed by atoms with E-state index in [1.54, 1.807) is 0 Å². The fraction of sp³-hybridized carbons (Fsp3) is 0.533. The van der Waals surface area contributed by atoms with Gasteiger partial charge in [0.25, 0.3) is 0 Å². The number of nitrogens with zero attached hydrogens (tertiary/aromatic N) is 1. The van der Waals surface area contributed by atoms with E-state index in [0.29, 0.717) is 6.04 Å². The number of hydrazine groups is 1. The first-order chi connectivity index (χ1) is 8.79. The van der Waals surface area contributed by atoms with Crippen LogP contribution in [0.4, 0.5) is 0 Å². The summed E-state index contributed by atoms with van der Waals surface area (Å²) in [6.45, 7) is 2.09. The number of hydrogen-bond acceptors (Lipinski definition) is 2. The van der Waals surface area contributed by atoms with Crippen molar-refractivity contribution in [2.45, 2.75) is 51.5 Å². The number of amidine groups is 1. The van der Waals surface area contributed by atoms with Crippen LogP contribution >= 0.6 is 0 Å². The van der Waals surface area contributed by atoms with Gasteiger partial charge in [0, 0.05) is 5.56 Å². The van der Waals surface area contributed by atoms with E-state index in [4.69, 9.17) is 10.8 Å². The van der Waals surface area contributed by atoms with Gasteiger partial charge in [0.2, 0.25) is 0 Å². The molecule has 3 nitrogen and oxygen atoms in total. The SMILES string of the molecule is Cc1cccc(C(=NC2CCCCCC2)NN)c1. The molecule has 1 aliphatic rings. The maximum absolute atomic E-state index is 5.63. The van der Waals surface area contributed by atoms with Crippen molar-refractivity contribution < 1.29 is 0 Å². The lowest BCUT2D eigenvalue weighted by molar-refractivity contribution is 0.583. The maximum atomic E-state index is 5.63. The molecule has 1 aromatic rings. The minimum absolute atomic E-state index is 0.430. The molecule has 1 aliphatic carbocycles. The maximum Gasteiger partial charge on any atom is 0.142 e. The average molecular weight is 245 g/mol. The Kier molecular flexibility index (Phi) is 4.76. The van der Waals surface area contributed by atoms with Gasteiger partial charge in [-0.3, -0.25) is 4.99 Å². The van der Waals surface area contributed by atoms with Gasteiger partial charge in [-0.2, -0.15) is 0 Å². The molecule has 0 spiro atoms. The third-order valence-corrected chi connectivity index (χ3v) is 3.56. The quantitative estimate of drug-likeness (QED) is 0.277. The van der Waals surface area contributed by atoms with Gasteiger partial charge < -0.3 is 5.43 Å². The van der Waals surface area contributed by atoms with Crippen LogP contribution in [0.15, 0.2) is 29.3 Å². The van der Waals surface area contributed by atoms with Crippen molar-refractivity contribution in [1.29, 1.82) is 0 Å². The van der Waals surface area contributed by atoms with Crippen molar-refractivity contribution in [2.75, 3.05) is 0 Å². The van der Waals surface area contributed by atoms with Gasteiger partial charge in [0.15, 0.2) is 0 Å². The molecule has 1 aromatic carbocycles. The molecular weight excluding hydrogens is 222 g/mol. The predicted molar refractivity (Wildman–Crippen MR) is 76.5 cm³/mol. The zero-order valence-corrected chi connectivity index (χ0v) is 11.2. The molecule has 0 bridgehead atoms. The number of nitrogens with two attached hydrogens (primary N) is 1. The topological polar surface area (TPSA) is 50.4 Å². The number of aliphatic imine (C=N–C) groups is 1. The van der Waals surface area contributed by atoms with E-state index in [9.17, 15) is 0 Å². The standard InChI is InChI=1S/C15H23N3/c1-12-7-6-8-13(11-12)15(18-16)17-14-9-4-2-3-5-10-14/h6-8,11,14H,2-5,9-10,16H2,1H3,(H,17,18). The third-order valence-electron chi connectivity index (χ3n) is 3.56. The molecular formula is C15H23N3. The minimum Gasteiger partial charge on any atom is -0.308 e. The highest BCUT2D eigenvalue weighted by Crippen LogP contribution is 2.20. The van der Waals surface area contributed by atoms with Crippen LogP contribution in [0, 0.1) is 6.92 Å². The highest BCUT2D eigenvalue weighted by molar-refractivity contribution is 5.98. The normalized spacial score (nSPS) is 18.4. The lowest BCUT2D eigenvalue weighted by Crippen LogP contribution is -2.32. The number of nitrogens with one attached hydrogen (secondary N) is 1. The van der Waals surface area contributed by atoms with E-state index in [0.717, 1.165) is 11.4 Å². The van der Waals surface area contributed by atoms with Gasteiger partial charge in [-0.25, -0.2) is 5.84 Å². The van der Waals surface area contributed by atoms with Crippen molar-refractivity contribution in [3.05, 3.63) is 35.4 Å². The van der Waals surface area contributed by atoms with Gasteiger partial charge in [-0.05, 0) is 25.8 Å². The van der Waals surface area contributed by atoms with E-state index in [1.165, 1.54) is 44.1 Å². The van der Waals surface area contributed by atoms with Gasteiger partial charge in [-0.15, -0.1) is 0 Å². The molecule has 0 radical (unpaired) electrons. The summed E-state index contributed by atoms with van der Waals surface area (Å²) in [6.07, 6.45) is 7.66. The first-order valence-electron chi connectivity index (χ1n) is 6.91. The average Bonchev–Trinajstić information content (AvgIpc) is 2.64. The van der Waals surface area contributed by atoms with Crippen LogP contribution in [0.3, 0.4) is 0 Å². The van der Waals surface area contributed by atoms with Crippen LogP contribution in [0.25, 0.3) is 0 Å². The minimum atomic E-state index is 0.430. The van der Waals surface area contributed by atoms with Crippen LogP contribution in [0.2, 0.25) is 0 Å². The molecule has 0 aromatic heterocycles. The van der Waals surface area contributed by atoms with Crippen LogP contribution in [0.1, 0.15) is 49.7 Å². The second-order valence-corrected chi connectivity index (χ2v) is 5.14. The van der Waals surface area contributed by atoms with Gasteiger partial charge in [-0.1, -0.05) is 49.4 Å². The van der Waals surface area contributed by atoms with Crippen molar-refractivity contribution in [3.63, 3.8) is 0 Å². The highest BCUT2D eigenvalue weighted by Gasteiger charge is 2.12. The predicted octanol–water partition coefficient (Wildman–Crippen LogP) is 2.93.